The number of aliphatic hydroxyl groups excluding tert-OH is 10. The number of rotatable bonds is 19. The van der Waals surface area contributed by atoms with E-state index in [2.05, 4.69) is 47.6 Å². The summed E-state index contributed by atoms with van der Waals surface area (Å²) in [7, 11) is -4.32. The molecule has 6 saturated heterocycles. The van der Waals surface area contributed by atoms with E-state index in [-0.39, 0.29) is 58.7 Å². The van der Waals surface area contributed by atoms with Crippen LogP contribution in [0.15, 0.2) is 11.6 Å². The van der Waals surface area contributed by atoms with Crippen molar-refractivity contribution in [2.45, 2.75) is 273 Å². The van der Waals surface area contributed by atoms with Crippen LogP contribution in [0.4, 0.5) is 0 Å². The Morgan fingerprint density at radius 1 is 0.714 bits per heavy atom. The Morgan fingerprint density at radius 3 is 1.98 bits per heavy atom. The van der Waals surface area contributed by atoms with E-state index in [1.165, 1.54) is 21.0 Å². The predicted molar refractivity (Wildman–Crippen MR) is 301 cm³/mol. The van der Waals surface area contributed by atoms with Crippen LogP contribution in [-0.2, 0) is 85.8 Å². The van der Waals surface area contributed by atoms with Crippen LogP contribution in [0.25, 0.3) is 0 Å². The third kappa shape index (κ3) is 13.6. The summed E-state index contributed by atoms with van der Waals surface area (Å²) in [4.78, 5) is 27.6. The molecule has 10 rings (SSSR count). The number of cyclic esters (lactones) is 1. The van der Waals surface area contributed by atoms with Gasteiger partial charge in [-0.2, -0.15) is 0 Å². The van der Waals surface area contributed by atoms with Crippen molar-refractivity contribution in [2.24, 2.45) is 45.3 Å². The third-order valence-corrected chi connectivity index (χ3v) is 22.6. The van der Waals surface area contributed by atoms with Gasteiger partial charge in [0.05, 0.1) is 50.0 Å². The molecule has 1 spiro atoms. The maximum Gasteiger partial charge on any atom is 1.00 e. The second-order valence-electron chi connectivity index (χ2n) is 28.4. The Labute approximate surface area is 552 Å². The van der Waals surface area contributed by atoms with Gasteiger partial charge in [-0.25, -0.2) is 8.42 Å². The predicted octanol–water partition coefficient (Wildman–Crippen LogP) is -4.18. The summed E-state index contributed by atoms with van der Waals surface area (Å²) in [6, 6.07) is 0. The number of methoxy groups -OCH3 is 1. The van der Waals surface area contributed by atoms with Crippen LogP contribution in [-0.4, -0.2) is 263 Å². The fraction of sp³-hybridized carbons (Fsp3) is 0.933. The zero-order valence-corrected chi connectivity index (χ0v) is 56.4. The molecule has 6 aliphatic heterocycles. The van der Waals surface area contributed by atoms with E-state index in [0.29, 0.717) is 50.9 Å². The molecule has 10 N–H and O–H groups in total. The van der Waals surface area contributed by atoms with E-state index in [9.17, 15) is 73.6 Å². The number of fused-ring (bicyclic) bond motifs is 4. The third-order valence-electron chi connectivity index (χ3n) is 22.1. The van der Waals surface area contributed by atoms with Crippen LogP contribution in [0.3, 0.4) is 0 Å². The molecule has 0 aromatic carbocycles. The van der Waals surface area contributed by atoms with Gasteiger partial charge in [-0.3, -0.25) is 13.8 Å². The standard InChI is InChI=1S/C60H96O29S.Na/c1-25(2)12-11-17-59(9)49-32(81-27(4)62)20-58(8)29-13-14-35-56(5,6)36(16-18-57(35,7)28(29)15-19-60(49,58)55(72)88-59)83-53-47(39(67)34(24-79-53)89-90(73,74)75)87-54-48(86-50-40(68)37(65)30(63)22-77-50)41(69)44(26(3)80-54)84-51-42(70)45(31(64)23-78-51)85-52-43(71)46(76-10)38(66)33(21-61)82-52;/h13,25-26,28,30-54,61,63-71H,11-12,14-24H2,1-10H3,(H,73,74,75);/q;+1/p-1/t26-,28+,30-,31-,32+,33-,34-,35+,36?,37+,38-,39+,40-,41+,42-,43-,44-,45+,46+,47-,48-,49?,50+,51+,52+,53+,54+,57-,58+,59+,60?;/m1./s1. The maximum absolute atomic E-state index is 14.8. The summed E-state index contributed by atoms with van der Waals surface area (Å²) in [5.74, 6) is -0.646. The molecule has 4 aliphatic carbocycles. The van der Waals surface area contributed by atoms with Gasteiger partial charge in [0.1, 0.15) is 109 Å². The molecule has 0 aromatic rings. The number of hydrogen-bond acceptors (Lipinski definition) is 29. The van der Waals surface area contributed by atoms with Gasteiger partial charge in [-0.05, 0) is 93.8 Å². The largest absolute Gasteiger partial charge is 1.00 e. The number of aliphatic hydroxyl groups is 10. The van der Waals surface area contributed by atoms with E-state index >= 15 is 0 Å². The molecule has 31 atom stereocenters. The molecule has 9 fully saturated rings. The van der Waals surface area contributed by atoms with Crippen molar-refractivity contribution < 1.29 is 169 Å². The molecular formula is C60H95NaO29S. The molecule has 29 nitrogen and oxygen atoms in total. The molecule has 0 amide bonds. The number of carbonyl (C=O) groups is 2. The van der Waals surface area contributed by atoms with Gasteiger partial charge in [-0.1, -0.05) is 59.6 Å². The average Bonchev–Trinajstić information content (AvgIpc) is 1.53. The molecule has 6 heterocycles. The van der Waals surface area contributed by atoms with Crippen molar-refractivity contribution >= 4 is 22.3 Å². The Hall–Kier alpha value is -1.29. The number of allylic oxidation sites excluding steroid dienone is 2. The first kappa shape index (κ1) is 73.9. The zero-order chi connectivity index (χ0) is 65.7. The normalized spacial score (nSPS) is 49.7. The van der Waals surface area contributed by atoms with Crippen molar-refractivity contribution in [1.29, 1.82) is 0 Å². The van der Waals surface area contributed by atoms with E-state index in [0.717, 1.165) is 18.4 Å². The molecule has 3 saturated carbocycles. The van der Waals surface area contributed by atoms with Crippen molar-refractivity contribution in [3.8, 4) is 0 Å². The summed E-state index contributed by atoms with van der Waals surface area (Å²) < 4.78 is 120. The van der Waals surface area contributed by atoms with E-state index in [4.69, 9.17) is 65.8 Å². The van der Waals surface area contributed by atoms with Gasteiger partial charge in [0.15, 0.2) is 31.5 Å². The Balaban J connectivity index is 0.00000980. The molecule has 91 heavy (non-hydrogen) atoms. The Morgan fingerprint density at radius 2 is 1.33 bits per heavy atom. The van der Waals surface area contributed by atoms with Gasteiger partial charge < -0.3 is 117 Å². The van der Waals surface area contributed by atoms with Crippen LogP contribution < -0.4 is 29.6 Å². The first-order valence-electron chi connectivity index (χ1n) is 31.6. The minimum atomic E-state index is -5.51. The summed E-state index contributed by atoms with van der Waals surface area (Å²) >= 11 is 0. The Kier molecular flexibility index (Phi) is 22.9. The molecule has 10 aliphatic rings. The fourth-order valence-electron chi connectivity index (χ4n) is 17.7. The van der Waals surface area contributed by atoms with Gasteiger partial charge in [0.2, 0.25) is 10.4 Å². The molecule has 3 unspecified atom stereocenters. The van der Waals surface area contributed by atoms with Crippen molar-refractivity contribution in [3.63, 3.8) is 0 Å². The van der Waals surface area contributed by atoms with Crippen LogP contribution >= 0.6 is 0 Å². The zero-order valence-electron chi connectivity index (χ0n) is 53.6. The second-order valence-corrected chi connectivity index (χ2v) is 29.4. The summed E-state index contributed by atoms with van der Waals surface area (Å²) in [5.41, 5.74) is -2.39. The van der Waals surface area contributed by atoms with Gasteiger partial charge in [0, 0.05) is 19.4 Å². The Bertz CT molecular complexity index is 2680. The summed E-state index contributed by atoms with van der Waals surface area (Å²) in [5, 5.41) is 111. The molecule has 0 bridgehead atoms. The van der Waals surface area contributed by atoms with Crippen molar-refractivity contribution in [1.82, 2.24) is 0 Å². The van der Waals surface area contributed by atoms with Crippen LogP contribution in [0, 0.1) is 45.3 Å². The fourth-order valence-corrected chi connectivity index (χ4v) is 18.1. The van der Waals surface area contributed by atoms with Gasteiger partial charge in [0.25, 0.3) is 0 Å². The molecule has 0 aromatic heterocycles. The second kappa shape index (κ2) is 28.1. The van der Waals surface area contributed by atoms with E-state index in [1.54, 1.807) is 0 Å². The molecule has 31 heteroatoms. The van der Waals surface area contributed by atoms with E-state index < -0.39 is 212 Å². The van der Waals surface area contributed by atoms with Gasteiger partial charge in [-0.15, -0.1) is 0 Å². The van der Waals surface area contributed by atoms with Crippen molar-refractivity contribution in [2.75, 3.05) is 33.5 Å². The van der Waals surface area contributed by atoms with Crippen molar-refractivity contribution in [3.05, 3.63) is 11.6 Å². The average molecular weight is 1340 g/mol. The maximum atomic E-state index is 14.8. The van der Waals surface area contributed by atoms with Crippen LogP contribution in [0.1, 0.15) is 120 Å². The SMILES string of the molecule is CO[C@@H]1[C@@H](O)[C@H](O[C@@H]2[C@@H](O)[C@H](O[C@H]3[C@H](O)[C@@H](O[C@@H]4OC[C@@H](O)[C@H](O)[C@H]4O)[C@H](O[C@H]4[C@H](OC5CC[C@]6(C)[C@H]7CCC89C(=O)O[C@@](C)(CCCC(C)C)C8[C@@H](OC(C)=O)C[C@@]9(C)C7=CC[C@H]6C5(C)C)OC[C@@H](OS(=O)(=O)[O-])[C@@H]4O)O[C@@H]3C)OC[C@H]2O)O[C@H](CO)[C@H]1O.[Na+]. The quantitative estimate of drug-likeness (QED) is 0.0193. The number of carbonyl (C=O) groups excluding carboxylic acids is 2. The molecule has 516 valence electrons. The minimum Gasteiger partial charge on any atom is -0.726 e. The first-order valence-corrected chi connectivity index (χ1v) is 32.9. The molecular weight excluding hydrogens is 1240 g/mol. The van der Waals surface area contributed by atoms with E-state index in [1.807, 2.05) is 6.92 Å². The van der Waals surface area contributed by atoms with Crippen LogP contribution in [0.5, 0.6) is 0 Å². The number of hydrogen-bond donors (Lipinski definition) is 10. The summed E-state index contributed by atoms with van der Waals surface area (Å²) in [6.45, 7) is 15.1. The smallest absolute Gasteiger partial charge is 0.726 e. The van der Waals surface area contributed by atoms with Crippen LogP contribution in [0.2, 0.25) is 0 Å². The minimum absolute atomic E-state index is 0. The topological polar surface area (TPSA) is 423 Å². The monoisotopic (exact) mass is 1330 g/mol. The first-order chi connectivity index (χ1) is 42.2. The molecule has 0 radical (unpaired) electrons. The van der Waals surface area contributed by atoms with Gasteiger partial charge >= 0.3 is 41.5 Å². The number of ether oxygens (including phenoxy) is 13. The summed E-state index contributed by atoms with van der Waals surface area (Å²) in [6.07, 6.45) is -31.2. The number of esters is 2.